The van der Waals surface area contributed by atoms with Crippen molar-refractivity contribution in [3.8, 4) is 0 Å². The van der Waals surface area contributed by atoms with Gasteiger partial charge >= 0.3 is 11.9 Å². The number of benzene rings is 1. The molecule has 1 rings (SSSR count). The number of carbonyl (C=O) groups is 3. The Bertz CT molecular complexity index is 544. The van der Waals surface area contributed by atoms with E-state index in [1.54, 1.807) is 0 Å². The van der Waals surface area contributed by atoms with E-state index < -0.39 is 17.8 Å². The Hall–Kier alpha value is -2.44. The van der Waals surface area contributed by atoms with Crippen LogP contribution >= 0.6 is 0 Å². The van der Waals surface area contributed by atoms with Gasteiger partial charge in [-0.1, -0.05) is 0 Å². The van der Waals surface area contributed by atoms with Crippen LogP contribution in [0.2, 0.25) is 0 Å². The van der Waals surface area contributed by atoms with Crippen molar-refractivity contribution < 1.29 is 28.6 Å². The Kier molecular flexibility index (Phi) is 6.32. The van der Waals surface area contributed by atoms with E-state index in [1.165, 1.54) is 12.1 Å². The van der Waals surface area contributed by atoms with Crippen molar-refractivity contribution in [2.45, 2.75) is 25.7 Å². The number of halogens is 1. The topological polar surface area (TPSA) is 92.7 Å². The average Bonchev–Trinajstić information content (AvgIpc) is 2.44. The first-order chi connectivity index (χ1) is 9.93. The summed E-state index contributed by atoms with van der Waals surface area (Å²) in [6.07, 6.45) is 0.997. The Balaban J connectivity index is 2.56. The molecule has 1 aromatic carbocycles. The molecule has 0 aliphatic carbocycles. The molecule has 7 heteroatoms. The second-order valence-electron chi connectivity index (χ2n) is 4.34. The summed E-state index contributed by atoms with van der Waals surface area (Å²) in [5, 5.41) is 11.0. The molecule has 0 bridgehead atoms. The molecule has 0 fully saturated rings. The number of ether oxygens (including phenoxy) is 1. The van der Waals surface area contributed by atoms with Crippen molar-refractivity contribution in [1.82, 2.24) is 0 Å². The molecule has 21 heavy (non-hydrogen) atoms. The maximum atomic E-state index is 13.4. The van der Waals surface area contributed by atoms with Crippen LogP contribution in [0.1, 0.15) is 36.0 Å². The third-order valence-corrected chi connectivity index (χ3v) is 2.70. The molecule has 0 heterocycles. The van der Waals surface area contributed by atoms with Gasteiger partial charge in [0, 0.05) is 18.5 Å². The summed E-state index contributed by atoms with van der Waals surface area (Å²) in [5.41, 5.74) is 0.0150. The molecule has 0 saturated carbocycles. The van der Waals surface area contributed by atoms with E-state index in [0.717, 1.165) is 13.2 Å². The van der Waals surface area contributed by atoms with Crippen molar-refractivity contribution in [3.63, 3.8) is 0 Å². The fraction of sp³-hybridized carbons (Fsp3) is 0.357. The number of anilines is 1. The van der Waals surface area contributed by atoms with Crippen LogP contribution in [0.5, 0.6) is 0 Å². The first-order valence-corrected chi connectivity index (χ1v) is 6.33. The molecule has 114 valence electrons. The molecule has 0 aliphatic rings. The molecule has 6 nitrogen and oxygen atoms in total. The molecule has 1 aromatic rings. The molecule has 0 atom stereocenters. The summed E-state index contributed by atoms with van der Waals surface area (Å²) in [6.45, 7) is 0. The van der Waals surface area contributed by atoms with E-state index in [0.29, 0.717) is 12.8 Å². The molecule has 0 saturated heterocycles. The van der Waals surface area contributed by atoms with Gasteiger partial charge in [-0.15, -0.1) is 0 Å². The lowest BCUT2D eigenvalue weighted by Crippen LogP contribution is -2.13. The van der Waals surface area contributed by atoms with Crippen LogP contribution in [-0.2, 0) is 14.3 Å². The van der Waals surface area contributed by atoms with E-state index in [-0.39, 0.29) is 30.0 Å². The molecule has 1 amide bonds. The SMILES string of the molecule is COC(=O)c1cc(NC(=O)CCCCC(=O)O)ccc1F. The first-order valence-electron chi connectivity index (χ1n) is 6.33. The lowest BCUT2D eigenvalue weighted by atomic mass is 10.1. The maximum absolute atomic E-state index is 13.4. The Labute approximate surface area is 120 Å². The average molecular weight is 297 g/mol. The van der Waals surface area contributed by atoms with E-state index in [2.05, 4.69) is 10.1 Å². The van der Waals surface area contributed by atoms with Crippen molar-refractivity contribution >= 4 is 23.5 Å². The number of hydrogen-bond donors (Lipinski definition) is 2. The predicted octanol–water partition coefficient (Wildman–Crippen LogP) is 2.20. The number of carboxylic acid groups (broad SMARTS) is 1. The van der Waals surface area contributed by atoms with Crippen LogP contribution in [-0.4, -0.2) is 30.1 Å². The number of hydrogen-bond acceptors (Lipinski definition) is 4. The van der Waals surface area contributed by atoms with Crippen molar-refractivity contribution in [1.29, 1.82) is 0 Å². The number of nitrogens with one attached hydrogen (secondary N) is 1. The highest BCUT2D eigenvalue weighted by molar-refractivity contribution is 5.94. The third kappa shape index (κ3) is 5.60. The van der Waals surface area contributed by atoms with Crippen molar-refractivity contribution in [2.75, 3.05) is 12.4 Å². The van der Waals surface area contributed by atoms with E-state index in [4.69, 9.17) is 5.11 Å². The summed E-state index contributed by atoms with van der Waals surface area (Å²) >= 11 is 0. The fourth-order valence-electron chi connectivity index (χ4n) is 1.65. The summed E-state index contributed by atoms with van der Waals surface area (Å²) in [5.74, 6) is -2.80. The van der Waals surface area contributed by atoms with E-state index in [1.807, 2.05) is 0 Å². The highest BCUT2D eigenvalue weighted by Crippen LogP contribution is 2.16. The van der Waals surface area contributed by atoms with Gasteiger partial charge in [0.1, 0.15) is 5.82 Å². The molecular weight excluding hydrogens is 281 g/mol. The van der Waals surface area contributed by atoms with Crippen LogP contribution < -0.4 is 5.32 Å². The molecule has 2 N–H and O–H groups in total. The van der Waals surface area contributed by atoms with Gasteiger partial charge < -0.3 is 15.2 Å². The first kappa shape index (κ1) is 16.6. The van der Waals surface area contributed by atoms with Crippen LogP contribution in [0.4, 0.5) is 10.1 Å². The summed E-state index contributed by atoms with van der Waals surface area (Å²) in [6, 6.07) is 3.58. The Morgan fingerprint density at radius 1 is 1.24 bits per heavy atom. The minimum atomic E-state index is -0.906. The monoisotopic (exact) mass is 297 g/mol. The van der Waals surface area contributed by atoms with E-state index in [9.17, 15) is 18.8 Å². The zero-order valence-corrected chi connectivity index (χ0v) is 11.5. The number of carboxylic acids is 1. The molecule has 0 aromatic heterocycles. The van der Waals surface area contributed by atoms with Crippen LogP contribution in [0.3, 0.4) is 0 Å². The van der Waals surface area contributed by atoms with Crippen molar-refractivity contribution in [3.05, 3.63) is 29.6 Å². The third-order valence-electron chi connectivity index (χ3n) is 2.70. The van der Waals surface area contributed by atoms with Gasteiger partial charge in [0.2, 0.25) is 5.91 Å². The van der Waals surface area contributed by atoms with Gasteiger partial charge in [-0.25, -0.2) is 9.18 Å². The second kappa shape index (κ2) is 7.98. The van der Waals surface area contributed by atoms with Crippen molar-refractivity contribution in [2.24, 2.45) is 0 Å². The largest absolute Gasteiger partial charge is 0.481 e. The standard InChI is InChI=1S/C14H16FNO5/c1-21-14(20)10-8-9(6-7-11(10)15)16-12(17)4-2-3-5-13(18)19/h6-8H,2-5H2,1H3,(H,16,17)(H,18,19). The maximum Gasteiger partial charge on any atom is 0.340 e. The predicted molar refractivity (Wildman–Crippen MR) is 72.5 cm³/mol. The zero-order chi connectivity index (χ0) is 15.8. The lowest BCUT2D eigenvalue weighted by molar-refractivity contribution is -0.137. The lowest BCUT2D eigenvalue weighted by Gasteiger charge is -2.07. The zero-order valence-electron chi connectivity index (χ0n) is 11.5. The summed E-state index contributed by atoms with van der Waals surface area (Å²) in [7, 11) is 1.13. The highest BCUT2D eigenvalue weighted by atomic mass is 19.1. The van der Waals surface area contributed by atoms with Gasteiger partial charge in [0.05, 0.1) is 12.7 Å². The number of amides is 1. The van der Waals surface area contributed by atoms with Gasteiger partial charge in [-0.05, 0) is 31.0 Å². The number of methoxy groups -OCH3 is 1. The number of aliphatic carboxylic acids is 1. The van der Waals surface area contributed by atoms with Crippen LogP contribution in [0.25, 0.3) is 0 Å². The minimum Gasteiger partial charge on any atom is -0.481 e. The number of unbranched alkanes of at least 4 members (excludes halogenated alkanes) is 1. The summed E-state index contributed by atoms with van der Waals surface area (Å²) in [4.78, 5) is 33.3. The molecule has 0 aliphatic heterocycles. The smallest absolute Gasteiger partial charge is 0.340 e. The molecular formula is C14H16FNO5. The van der Waals surface area contributed by atoms with Gasteiger partial charge in [-0.2, -0.15) is 0 Å². The second-order valence-corrected chi connectivity index (χ2v) is 4.34. The van der Waals surface area contributed by atoms with Crippen LogP contribution in [0, 0.1) is 5.82 Å². The quantitative estimate of drug-likeness (QED) is 0.594. The molecule has 0 spiro atoms. The van der Waals surface area contributed by atoms with Gasteiger partial charge in [-0.3, -0.25) is 9.59 Å². The van der Waals surface area contributed by atoms with Gasteiger partial charge in [0.15, 0.2) is 0 Å². The number of rotatable bonds is 7. The fourth-order valence-corrected chi connectivity index (χ4v) is 1.65. The van der Waals surface area contributed by atoms with Gasteiger partial charge in [0.25, 0.3) is 0 Å². The summed E-state index contributed by atoms with van der Waals surface area (Å²) < 4.78 is 17.8. The Morgan fingerprint density at radius 3 is 2.52 bits per heavy atom. The Morgan fingerprint density at radius 2 is 1.90 bits per heavy atom. The molecule has 0 radical (unpaired) electrons. The number of carbonyl (C=O) groups excluding carboxylic acids is 2. The molecule has 0 unspecified atom stereocenters. The van der Waals surface area contributed by atoms with Crippen LogP contribution in [0.15, 0.2) is 18.2 Å². The normalized spacial score (nSPS) is 10.0. The number of esters is 1. The van der Waals surface area contributed by atoms with E-state index >= 15 is 0 Å². The minimum absolute atomic E-state index is 0.0102. The highest BCUT2D eigenvalue weighted by Gasteiger charge is 2.13.